The maximum absolute atomic E-state index is 2.42. The number of hydrogen-bond acceptors (Lipinski definition) is 1. The van der Waals surface area contributed by atoms with Crippen LogP contribution in [0.3, 0.4) is 0 Å². The molecule has 0 saturated carbocycles. The van der Waals surface area contributed by atoms with Gasteiger partial charge in [-0.05, 0) is 102 Å². The van der Waals surface area contributed by atoms with Crippen molar-refractivity contribution in [3.63, 3.8) is 0 Å². The van der Waals surface area contributed by atoms with Crippen molar-refractivity contribution in [1.29, 1.82) is 0 Å². The van der Waals surface area contributed by atoms with Crippen molar-refractivity contribution >= 4 is 85.6 Å². The third kappa shape index (κ3) is 4.67. The van der Waals surface area contributed by atoms with Crippen LogP contribution in [-0.2, 0) is 0 Å². The molecule has 12 rings (SSSR count). The Hall–Kier alpha value is -7.00. The van der Waals surface area contributed by atoms with Gasteiger partial charge < -0.3 is 4.57 Å². The van der Waals surface area contributed by atoms with Gasteiger partial charge in [0.05, 0.1) is 11.0 Å². The predicted molar refractivity (Wildman–Crippen MR) is 242 cm³/mol. The lowest BCUT2D eigenvalue weighted by atomic mass is 9.92. The molecule has 0 fully saturated rings. The lowest BCUT2D eigenvalue weighted by Crippen LogP contribution is -1.94. The Bertz CT molecular complexity index is 3460. The van der Waals surface area contributed by atoms with Crippen LogP contribution in [0.5, 0.6) is 0 Å². The largest absolute Gasteiger partial charge is 0.309 e. The van der Waals surface area contributed by atoms with Crippen molar-refractivity contribution in [3.8, 4) is 39.1 Å². The summed E-state index contributed by atoms with van der Waals surface area (Å²) >= 11 is 1.92. The van der Waals surface area contributed by atoms with Crippen molar-refractivity contribution in [2.24, 2.45) is 0 Å². The maximum Gasteiger partial charge on any atom is 0.0541 e. The Kier molecular flexibility index (Phi) is 6.87. The zero-order chi connectivity index (χ0) is 36.7. The summed E-state index contributed by atoms with van der Waals surface area (Å²) in [5.74, 6) is 0. The van der Waals surface area contributed by atoms with Crippen LogP contribution in [0.25, 0.3) is 113 Å². The molecule has 0 aliphatic rings. The van der Waals surface area contributed by atoms with E-state index in [1.54, 1.807) is 0 Å². The van der Waals surface area contributed by atoms with Gasteiger partial charge in [-0.2, -0.15) is 0 Å². The van der Waals surface area contributed by atoms with E-state index >= 15 is 0 Å². The van der Waals surface area contributed by atoms with Crippen LogP contribution in [-0.4, -0.2) is 4.57 Å². The van der Waals surface area contributed by atoms with Gasteiger partial charge in [0.1, 0.15) is 0 Å². The summed E-state index contributed by atoms with van der Waals surface area (Å²) in [5, 5.41) is 13.0. The summed E-state index contributed by atoms with van der Waals surface area (Å²) in [6, 6.07) is 73.8. The summed E-state index contributed by atoms with van der Waals surface area (Å²) in [6.45, 7) is 0. The van der Waals surface area contributed by atoms with Crippen molar-refractivity contribution in [2.75, 3.05) is 0 Å². The zero-order valence-electron chi connectivity index (χ0n) is 30.4. The fraction of sp³-hybridized carbons (Fsp3) is 0. The average molecular weight is 728 g/mol. The summed E-state index contributed by atoms with van der Waals surface area (Å²) in [4.78, 5) is 0. The minimum atomic E-state index is 1.17. The highest BCUT2D eigenvalue weighted by atomic mass is 32.1. The van der Waals surface area contributed by atoms with Gasteiger partial charge in [0.15, 0.2) is 0 Å². The van der Waals surface area contributed by atoms with E-state index < -0.39 is 0 Å². The van der Waals surface area contributed by atoms with Crippen LogP contribution in [0.15, 0.2) is 200 Å². The Morgan fingerprint density at radius 2 is 0.696 bits per heavy atom. The van der Waals surface area contributed by atoms with E-state index in [4.69, 9.17) is 0 Å². The number of rotatable bonds is 4. The molecule has 56 heavy (non-hydrogen) atoms. The number of aromatic nitrogens is 1. The van der Waals surface area contributed by atoms with Gasteiger partial charge in [-0.15, -0.1) is 11.3 Å². The van der Waals surface area contributed by atoms with Gasteiger partial charge in [0, 0.05) is 36.6 Å². The molecule has 2 heteroatoms. The lowest BCUT2D eigenvalue weighted by Gasteiger charge is -2.12. The van der Waals surface area contributed by atoms with Gasteiger partial charge in [0.2, 0.25) is 0 Å². The molecule has 2 aromatic heterocycles. The van der Waals surface area contributed by atoms with E-state index in [1.807, 2.05) is 11.3 Å². The molecule has 1 nitrogen and oxygen atoms in total. The van der Waals surface area contributed by atoms with E-state index in [0.29, 0.717) is 0 Å². The first kappa shape index (κ1) is 31.4. The molecule has 0 aliphatic heterocycles. The molecule has 0 N–H and O–H groups in total. The number of para-hydroxylation sites is 2. The van der Waals surface area contributed by atoms with Crippen LogP contribution in [0.1, 0.15) is 0 Å². The quantitative estimate of drug-likeness (QED) is 0.159. The van der Waals surface area contributed by atoms with Crippen molar-refractivity contribution in [1.82, 2.24) is 4.57 Å². The first-order valence-electron chi connectivity index (χ1n) is 19.3. The highest BCUT2D eigenvalue weighted by Gasteiger charge is 2.17. The first-order chi connectivity index (χ1) is 27.8. The maximum atomic E-state index is 2.42. The van der Waals surface area contributed by atoms with Crippen LogP contribution >= 0.6 is 11.3 Å². The minimum Gasteiger partial charge on any atom is -0.309 e. The molecular formula is C54H33NS. The van der Waals surface area contributed by atoms with Gasteiger partial charge >= 0.3 is 0 Å². The second kappa shape index (κ2) is 12.3. The normalized spacial score (nSPS) is 11.9. The third-order valence-electron chi connectivity index (χ3n) is 11.8. The Morgan fingerprint density at radius 1 is 0.268 bits per heavy atom. The number of hydrogen-bond donors (Lipinski definition) is 0. The predicted octanol–water partition coefficient (Wildman–Crippen LogP) is 15.6. The van der Waals surface area contributed by atoms with Gasteiger partial charge in [0.25, 0.3) is 0 Å². The van der Waals surface area contributed by atoms with Gasteiger partial charge in [-0.1, -0.05) is 164 Å². The SMILES string of the molecule is c1cc(-c2cccc(-n3c4ccccc4c4ccccc43)c2)cc(-c2cccc3c2sc2c(-c4ccc5c6ccccc6c6ccccc6c5c4)cccc23)c1. The molecule has 0 atom stereocenters. The van der Waals surface area contributed by atoms with E-state index in [9.17, 15) is 0 Å². The van der Waals surface area contributed by atoms with Crippen molar-refractivity contribution in [2.45, 2.75) is 0 Å². The molecule has 260 valence electrons. The molecule has 2 heterocycles. The monoisotopic (exact) mass is 727 g/mol. The number of thiophene rings is 1. The first-order valence-corrected chi connectivity index (χ1v) is 20.1. The number of nitrogens with zero attached hydrogens (tertiary/aromatic N) is 1. The van der Waals surface area contributed by atoms with E-state index in [0.717, 1.165) is 0 Å². The van der Waals surface area contributed by atoms with E-state index in [2.05, 4.69) is 205 Å². The molecule has 0 bridgehead atoms. The smallest absolute Gasteiger partial charge is 0.0541 e. The molecule has 10 aromatic carbocycles. The molecule has 0 radical (unpaired) electrons. The summed E-state index contributed by atoms with van der Waals surface area (Å²) in [7, 11) is 0. The fourth-order valence-electron chi connectivity index (χ4n) is 9.24. The van der Waals surface area contributed by atoms with Crippen LogP contribution in [0, 0.1) is 0 Å². The highest BCUT2D eigenvalue weighted by molar-refractivity contribution is 7.26. The second-order valence-electron chi connectivity index (χ2n) is 14.8. The topological polar surface area (TPSA) is 4.93 Å². The van der Waals surface area contributed by atoms with Gasteiger partial charge in [-0.25, -0.2) is 0 Å². The molecular weight excluding hydrogens is 695 g/mol. The summed E-state index contributed by atoms with van der Waals surface area (Å²) < 4.78 is 5.05. The minimum absolute atomic E-state index is 1.17. The molecule has 0 saturated heterocycles. The molecule has 0 aliphatic carbocycles. The summed E-state index contributed by atoms with van der Waals surface area (Å²) in [5.41, 5.74) is 11.1. The molecule has 0 unspecified atom stereocenters. The van der Waals surface area contributed by atoms with Crippen LogP contribution in [0.4, 0.5) is 0 Å². The lowest BCUT2D eigenvalue weighted by molar-refractivity contribution is 1.18. The van der Waals surface area contributed by atoms with Crippen molar-refractivity contribution in [3.05, 3.63) is 200 Å². The fourth-order valence-corrected chi connectivity index (χ4v) is 10.6. The standard InChI is InChI=1S/C54H33NS/c1-2-19-43-41(17-1)42-18-3-4-20-44(42)50-33-37(29-30-45(43)50)40-24-12-26-49-48-25-11-23-39(53(48)56-54(40)49)36-15-9-13-34(31-36)35-14-10-16-38(32-35)55-51-27-7-5-21-46(51)47-22-6-8-28-52(47)55/h1-33H. The number of benzene rings is 10. The van der Waals surface area contributed by atoms with E-state index in [-0.39, 0.29) is 0 Å². The average Bonchev–Trinajstić information content (AvgIpc) is 3.83. The van der Waals surface area contributed by atoms with Crippen LogP contribution in [0.2, 0.25) is 0 Å². The third-order valence-corrected chi connectivity index (χ3v) is 13.1. The Labute approximate surface area is 327 Å². The molecule has 0 amide bonds. The van der Waals surface area contributed by atoms with E-state index in [1.165, 1.54) is 113 Å². The Morgan fingerprint density at radius 3 is 1.30 bits per heavy atom. The van der Waals surface area contributed by atoms with Crippen LogP contribution < -0.4 is 0 Å². The second-order valence-corrected chi connectivity index (χ2v) is 15.8. The van der Waals surface area contributed by atoms with Gasteiger partial charge in [-0.3, -0.25) is 0 Å². The summed E-state index contributed by atoms with van der Waals surface area (Å²) in [6.07, 6.45) is 0. The van der Waals surface area contributed by atoms with Crippen molar-refractivity contribution < 1.29 is 0 Å². The number of fused-ring (bicyclic) bond motifs is 12. The highest BCUT2D eigenvalue weighted by Crippen LogP contribution is 2.45. The zero-order valence-corrected chi connectivity index (χ0v) is 31.2. The Balaban J connectivity index is 0.988. The molecule has 12 aromatic rings. The molecule has 0 spiro atoms.